The van der Waals surface area contributed by atoms with Crippen molar-refractivity contribution in [3.05, 3.63) is 28.2 Å². The molecule has 1 saturated carbocycles. The predicted molar refractivity (Wildman–Crippen MR) is 84.2 cm³/mol. The quantitative estimate of drug-likeness (QED) is 0.757. The van der Waals surface area contributed by atoms with E-state index in [0.29, 0.717) is 17.8 Å². The second kappa shape index (κ2) is 6.93. The van der Waals surface area contributed by atoms with Crippen LogP contribution < -0.4 is 11.1 Å². The fourth-order valence-corrected chi connectivity index (χ4v) is 3.26. The number of carbonyl (C=O) groups is 2. The van der Waals surface area contributed by atoms with Crippen molar-refractivity contribution in [1.82, 2.24) is 0 Å². The molecule has 1 amide bonds. The van der Waals surface area contributed by atoms with Gasteiger partial charge in [-0.25, -0.2) is 0 Å². The van der Waals surface area contributed by atoms with Crippen molar-refractivity contribution >= 4 is 33.5 Å². The molecule has 1 fully saturated rings. The first-order valence-corrected chi connectivity index (χ1v) is 7.84. The summed E-state index contributed by atoms with van der Waals surface area (Å²) in [6, 6.07) is 5.20. The van der Waals surface area contributed by atoms with Gasteiger partial charge in [-0.05, 0) is 37.0 Å². The SMILES string of the molecule is NC(=O)c1ccc(Br)cc1NCC1CCCCC1C(=O)O. The van der Waals surface area contributed by atoms with Crippen LogP contribution in [0, 0.1) is 11.8 Å². The number of hydrogen-bond donors (Lipinski definition) is 3. The lowest BCUT2D eigenvalue weighted by Gasteiger charge is -2.29. The maximum absolute atomic E-state index is 11.4. The number of primary amides is 1. The summed E-state index contributed by atoms with van der Waals surface area (Å²) in [4.78, 5) is 22.7. The van der Waals surface area contributed by atoms with Crippen LogP contribution in [-0.4, -0.2) is 23.5 Å². The molecule has 5 nitrogen and oxygen atoms in total. The molecule has 0 spiro atoms. The molecule has 0 aliphatic heterocycles. The highest BCUT2D eigenvalue weighted by Crippen LogP contribution is 2.31. The second-order valence-electron chi connectivity index (χ2n) is 5.42. The molecule has 1 aromatic rings. The van der Waals surface area contributed by atoms with E-state index in [0.717, 1.165) is 30.2 Å². The Labute approximate surface area is 132 Å². The fraction of sp³-hybridized carbons (Fsp3) is 0.467. The zero-order valence-corrected chi connectivity index (χ0v) is 13.2. The van der Waals surface area contributed by atoms with Gasteiger partial charge in [0.05, 0.1) is 11.5 Å². The number of benzene rings is 1. The lowest BCUT2D eigenvalue weighted by Crippen LogP contribution is -2.32. The van der Waals surface area contributed by atoms with Crippen molar-refractivity contribution in [2.45, 2.75) is 25.7 Å². The Morgan fingerprint density at radius 1 is 1.33 bits per heavy atom. The van der Waals surface area contributed by atoms with Gasteiger partial charge in [-0.1, -0.05) is 28.8 Å². The van der Waals surface area contributed by atoms with Crippen molar-refractivity contribution in [2.75, 3.05) is 11.9 Å². The minimum absolute atomic E-state index is 0.0796. The number of nitrogens with one attached hydrogen (secondary N) is 1. The lowest BCUT2D eigenvalue weighted by atomic mass is 9.79. The normalized spacial score (nSPS) is 21.8. The maximum Gasteiger partial charge on any atom is 0.306 e. The number of aliphatic carboxylic acids is 1. The lowest BCUT2D eigenvalue weighted by molar-refractivity contribution is -0.144. The highest BCUT2D eigenvalue weighted by atomic mass is 79.9. The van der Waals surface area contributed by atoms with Gasteiger partial charge in [0.2, 0.25) is 0 Å². The van der Waals surface area contributed by atoms with Gasteiger partial charge in [-0.15, -0.1) is 0 Å². The van der Waals surface area contributed by atoms with E-state index in [2.05, 4.69) is 21.2 Å². The van der Waals surface area contributed by atoms with E-state index in [1.165, 1.54) is 0 Å². The van der Waals surface area contributed by atoms with Crippen LogP contribution in [0.2, 0.25) is 0 Å². The molecule has 6 heteroatoms. The van der Waals surface area contributed by atoms with Crippen LogP contribution in [0.15, 0.2) is 22.7 Å². The van der Waals surface area contributed by atoms with E-state index in [4.69, 9.17) is 5.73 Å². The van der Waals surface area contributed by atoms with Gasteiger partial charge in [0.15, 0.2) is 0 Å². The molecule has 1 aromatic carbocycles. The Bertz CT molecular complexity index is 548. The third kappa shape index (κ3) is 3.97. The summed E-state index contributed by atoms with van der Waals surface area (Å²) in [6.07, 6.45) is 3.64. The number of hydrogen-bond acceptors (Lipinski definition) is 3. The van der Waals surface area contributed by atoms with Crippen molar-refractivity contribution in [1.29, 1.82) is 0 Å². The number of rotatable bonds is 5. The predicted octanol–water partition coefficient (Wildman–Crippen LogP) is 2.85. The van der Waals surface area contributed by atoms with E-state index >= 15 is 0 Å². The molecule has 4 N–H and O–H groups in total. The number of carboxylic acid groups (broad SMARTS) is 1. The number of carbonyl (C=O) groups excluding carboxylic acids is 1. The van der Waals surface area contributed by atoms with E-state index < -0.39 is 11.9 Å². The van der Waals surface area contributed by atoms with Crippen molar-refractivity contribution in [3.63, 3.8) is 0 Å². The molecule has 2 rings (SSSR count). The second-order valence-corrected chi connectivity index (χ2v) is 6.34. The van der Waals surface area contributed by atoms with Gasteiger partial charge >= 0.3 is 5.97 Å². The molecule has 114 valence electrons. The number of amides is 1. The molecule has 0 aromatic heterocycles. The van der Waals surface area contributed by atoms with Crippen LogP contribution >= 0.6 is 15.9 Å². The van der Waals surface area contributed by atoms with Crippen molar-refractivity contribution < 1.29 is 14.7 Å². The zero-order chi connectivity index (χ0) is 15.4. The van der Waals surface area contributed by atoms with Crippen LogP contribution in [0.1, 0.15) is 36.0 Å². The Morgan fingerprint density at radius 3 is 2.71 bits per heavy atom. The number of nitrogens with two attached hydrogens (primary N) is 1. The summed E-state index contributed by atoms with van der Waals surface area (Å²) < 4.78 is 0.841. The molecule has 0 radical (unpaired) electrons. The third-order valence-electron chi connectivity index (χ3n) is 4.03. The zero-order valence-electron chi connectivity index (χ0n) is 11.6. The number of anilines is 1. The van der Waals surface area contributed by atoms with Gasteiger partial charge in [0.25, 0.3) is 5.91 Å². The van der Waals surface area contributed by atoms with Crippen LogP contribution in [0.3, 0.4) is 0 Å². The summed E-state index contributed by atoms with van der Waals surface area (Å²) in [6.45, 7) is 0.535. The van der Waals surface area contributed by atoms with Gasteiger partial charge in [-0.2, -0.15) is 0 Å². The third-order valence-corrected chi connectivity index (χ3v) is 4.52. The average molecular weight is 355 g/mol. The summed E-state index contributed by atoms with van der Waals surface area (Å²) >= 11 is 3.36. The Morgan fingerprint density at radius 2 is 2.05 bits per heavy atom. The Hall–Kier alpha value is -1.56. The molecular formula is C15H19BrN2O3. The first-order valence-electron chi connectivity index (χ1n) is 7.05. The molecule has 21 heavy (non-hydrogen) atoms. The van der Waals surface area contributed by atoms with Crippen LogP contribution in [0.5, 0.6) is 0 Å². The average Bonchev–Trinajstić information content (AvgIpc) is 2.45. The summed E-state index contributed by atoms with van der Waals surface area (Å²) in [5.41, 5.74) is 6.42. The first-order chi connectivity index (χ1) is 9.99. The molecule has 0 heterocycles. The van der Waals surface area contributed by atoms with E-state index in [9.17, 15) is 14.7 Å². The van der Waals surface area contributed by atoms with Crippen molar-refractivity contribution in [3.8, 4) is 0 Å². The summed E-state index contributed by atoms with van der Waals surface area (Å²) in [5.74, 6) is -1.46. The van der Waals surface area contributed by atoms with Gasteiger partial charge in [-0.3, -0.25) is 9.59 Å². The molecule has 0 saturated heterocycles. The molecule has 2 unspecified atom stereocenters. The Balaban J connectivity index is 2.09. The first kappa shape index (κ1) is 15.8. The van der Waals surface area contributed by atoms with Crippen LogP contribution in [-0.2, 0) is 4.79 Å². The summed E-state index contributed by atoms with van der Waals surface area (Å²) in [7, 11) is 0. The molecule has 1 aliphatic rings. The van der Waals surface area contributed by atoms with Crippen LogP contribution in [0.25, 0.3) is 0 Å². The van der Waals surface area contributed by atoms with Gasteiger partial charge < -0.3 is 16.2 Å². The molecule has 1 aliphatic carbocycles. The molecule has 0 bridgehead atoms. The highest BCUT2D eigenvalue weighted by Gasteiger charge is 2.30. The van der Waals surface area contributed by atoms with E-state index in [1.54, 1.807) is 18.2 Å². The van der Waals surface area contributed by atoms with Crippen molar-refractivity contribution in [2.24, 2.45) is 17.6 Å². The minimum atomic E-state index is -0.731. The number of carboxylic acids is 1. The monoisotopic (exact) mass is 354 g/mol. The molecular weight excluding hydrogens is 336 g/mol. The van der Waals surface area contributed by atoms with E-state index in [1.807, 2.05) is 0 Å². The summed E-state index contributed by atoms with van der Waals surface area (Å²) in [5, 5.41) is 12.5. The largest absolute Gasteiger partial charge is 0.481 e. The highest BCUT2D eigenvalue weighted by molar-refractivity contribution is 9.10. The smallest absolute Gasteiger partial charge is 0.306 e. The topological polar surface area (TPSA) is 92.4 Å². The standard InChI is InChI=1S/C15H19BrN2O3/c16-10-5-6-12(14(17)19)13(7-10)18-8-9-3-1-2-4-11(9)15(20)21/h5-7,9,11,18H,1-4,8H2,(H2,17,19)(H,20,21). The van der Waals surface area contributed by atoms with Crippen LogP contribution in [0.4, 0.5) is 5.69 Å². The van der Waals surface area contributed by atoms with Gasteiger partial charge in [0.1, 0.15) is 0 Å². The fourth-order valence-electron chi connectivity index (χ4n) is 2.90. The maximum atomic E-state index is 11.4. The Kier molecular flexibility index (Phi) is 5.22. The van der Waals surface area contributed by atoms with Gasteiger partial charge in [0, 0.05) is 16.7 Å². The minimum Gasteiger partial charge on any atom is -0.481 e. The number of halogens is 1. The van der Waals surface area contributed by atoms with E-state index in [-0.39, 0.29) is 11.8 Å². The molecule has 2 atom stereocenters.